The van der Waals surface area contributed by atoms with E-state index in [1.165, 1.54) is 44.2 Å². The number of hydrogen-bond acceptors (Lipinski definition) is 9. The van der Waals surface area contributed by atoms with Crippen LogP contribution < -0.4 is 25.5 Å². The Hall–Kier alpha value is -4.09. The van der Waals surface area contributed by atoms with Crippen LogP contribution in [0.2, 0.25) is 0 Å². The first-order valence-corrected chi connectivity index (χ1v) is 11.9. The Labute approximate surface area is 218 Å². The summed E-state index contributed by atoms with van der Waals surface area (Å²) >= 11 is 0. The maximum absolute atomic E-state index is 13.2. The quantitative estimate of drug-likeness (QED) is 0.397. The van der Waals surface area contributed by atoms with Gasteiger partial charge in [-0.2, -0.15) is 0 Å². The molecule has 0 spiro atoms. The summed E-state index contributed by atoms with van der Waals surface area (Å²) in [4.78, 5) is 39.8. The lowest BCUT2D eigenvalue weighted by Gasteiger charge is -2.20. The molecule has 0 bridgehead atoms. The van der Waals surface area contributed by atoms with E-state index in [1.54, 1.807) is 6.92 Å². The third-order valence-corrected chi connectivity index (χ3v) is 6.19. The van der Waals surface area contributed by atoms with E-state index in [0.717, 1.165) is 5.56 Å². The Bertz CT molecular complexity index is 1360. The molecule has 11 heteroatoms. The summed E-state index contributed by atoms with van der Waals surface area (Å²) in [6.07, 6.45) is -0.602. The minimum atomic E-state index is -0.777. The molecule has 1 aliphatic rings. The number of rotatable bonds is 10. The molecule has 3 aromatic rings. The summed E-state index contributed by atoms with van der Waals surface area (Å²) in [6.45, 7) is 2.03. The highest BCUT2D eigenvalue weighted by Gasteiger charge is 2.40. The van der Waals surface area contributed by atoms with Gasteiger partial charge in [0.15, 0.2) is 11.5 Å². The molecule has 2 aromatic carbocycles. The van der Waals surface area contributed by atoms with Crippen molar-refractivity contribution in [3.63, 3.8) is 0 Å². The molecule has 1 fully saturated rings. The van der Waals surface area contributed by atoms with Crippen LogP contribution >= 0.6 is 0 Å². The number of carbonyl (C=O) groups is 1. The molecule has 1 aliphatic heterocycles. The highest BCUT2D eigenvalue weighted by atomic mass is 16.6. The average Bonchev–Trinajstić information content (AvgIpc) is 3.32. The van der Waals surface area contributed by atoms with Gasteiger partial charge < -0.3 is 28.4 Å². The van der Waals surface area contributed by atoms with E-state index < -0.39 is 35.7 Å². The third-order valence-electron chi connectivity index (χ3n) is 6.19. The average molecular weight is 527 g/mol. The number of hydrogen-bond donors (Lipinski definition) is 1. The molecule has 3 atom stereocenters. The Morgan fingerprint density at radius 2 is 1.74 bits per heavy atom. The topological polar surface area (TPSA) is 127 Å². The fourth-order valence-corrected chi connectivity index (χ4v) is 4.22. The normalized spacial score (nSPS) is 18.7. The first-order chi connectivity index (χ1) is 18.3. The Morgan fingerprint density at radius 3 is 2.37 bits per heavy atom. The first kappa shape index (κ1) is 27.0. The number of esters is 1. The van der Waals surface area contributed by atoms with Crippen LogP contribution in [0.5, 0.6) is 17.2 Å². The zero-order valence-corrected chi connectivity index (χ0v) is 21.6. The minimum Gasteiger partial charge on any atom is -0.493 e. The van der Waals surface area contributed by atoms with Crippen molar-refractivity contribution in [3.8, 4) is 17.2 Å². The van der Waals surface area contributed by atoms with Gasteiger partial charge in [-0.1, -0.05) is 30.3 Å². The van der Waals surface area contributed by atoms with E-state index in [9.17, 15) is 14.4 Å². The maximum atomic E-state index is 13.2. The number of aryl methyl sites for hydroxylation is 1. The lowest BCUT2D eigenvalue weighted by atomic mass is 10.1. The van der Waals surface area contributed by atoms with Crippen LogP contribution in [-0.4, -0.2) is 55.7 Å². The highest BCUT2D eigenvalue weighted by Crippen LogP contribution is 2.39. The molecular weight excluding hydrogens is 496 g/mol. The van der Waals surface area contributed by atoms with Crippen molar-refractivity contribution < 1.29 is 33.2 Å². The predicted octanol–water partition coefficient (Wildman–Crippen LogP) is 2.60. The van der Waals surface area contributed by atoms with Crippen molar-refractivity contribution in [3.05, 3.63) is 86.2 Å². The molecule has 4 rings (SSSR count). The zero-order valence-electron chi connectivity index (χ0n) is 21.6. The molecule has 0 aliphatic carbocycles. The first-order valence-electron chi connectivity index (χ1n) is 11.9. The Kier molecular flexibility index (Phi) is 8.49. The highest BCUT2D eigenvalue weighted by molar-refractivity contribution is 5.91. The van der Waals surface area contributed by atoms with Crippen LogP contribution in [0, 0.1) is 6.92 Å². The standard InChI is InChI=1S/C27H30N2O9/c1-16-13-29(27(32)28-25(16)30)23-12-19(22(37-23)15-36-14-17-8-6-5-7-9-17)38-26(31)18-10-20(33-2)24(35-4)21(11-18)34-3/h5-11,13,19,22-23H,12,14-15H2,1-4H3,(H,28,30,32)/t19-,22+,23+/m0/s1. The number of aromatic nitrogens is 2. The van der Waals surface area contributed by atoms with Crippen LogP contribution in [0.25, 0.3) is 0 Å². The van der Waals surface area contributed by atoms with Gasteiger partial charge in [0.05, 0.1) is 40.1 Å². The summed E-state index contributed by atoms with van der Waals surface area (Å²) in [6, 6.07) is 12.6. The van der Waals surface area contributed by atoms with Crippen molar-refractivity contribution in [2.45, 2.75) is 38.4 Å². The van der Waals surface area contributed by atoms with Crippen LogP contribution in [0.1, 0.15) is 34.1 Å². The number of benzene rings is 2. The van der Waals surface area contributed by atoms with Gasteiger partial charge in [-0.15, -0.1) is 0 Å². The van der Waals surface area contributed by atoms with Crippen LogP contribution in [0.3, 0.4) is 0 Å². The van der Waals surface area contributed by atoms with E-state index in [1.807, 2.05) is 30.3 Å². The number of carbonyl (C=O) groups excluding carboxylic acids is 1. The number of nitrogens with zero attached hydrogens (tertiary/aromatic N) is 1. The van der Waals surface area contributed by atoms with Gasteiger partial charge in [-0.3, -0.25) is 14.3 Å². The van der Waals surface area contributed by atoms with Gasteiger partial charge in [0.2, 0.25) is 5.75 Å². The maximum Gasteiger partial charge on any atom is 0.338 e. The number of nitrogens with one attached hydrogen (secondary N) is 1. The Morgan fingerprint density at radius 1 is 1.05 bits per heavy atom. The molecule has 2 heterocycles. The summed E-state index contributed by atoms with van der Waals surface area (Å²) in [5, 5.41) is 0. The monoisotopic (exact) mass is 526 g/mol. The van der Waals surface area contributed by atoms with E-state index in [0.29, 0.717) is 29.4 Å². The molecule has 0 radical (unpaired) electrons. The molecule has 38 heavy (non-hydrogen) atoms. The SMILES string of the molecule is COc1cc(C(=O)O[C@H]2C[C@H](n3cc(C)c(=O)[nH]c3=O)O[C@@H]2COCc2ccccc2)cc(OC)c1OC. The summed E-state index contributed by atoms with van der Waals surface area (Å²) < 4.78 is 35.1. The van der Waals surface area contributed by atoms with Gasteiger partial charge in [-0.05, 0) is 24.6 Å². The van der Waals surface area contributed by atoms with Gasteiger partial charge in [0, 0.05) is 18.2 Å². The fourth-order valence-electron chi connectivity index (χ4n) is 4.22. The molecule has 1 saturated heterocycles. The number of methoxy groups -OCH3 is 3. The van der Waals surface area contributed by atoms with E-state index in [2.05, 4.69) is 4.98 Å². The van der Waals surface area contributed by atoms with Crippen molar-refractivity contribution in [1.29, 1.82) is 0 Å². The summed E-state index contributed by atoms with van der Waals surface area (Å²) in [5.74, 6) is 0.307. The summed E-state index contributed by atoms with van der Waals surface area (Å²) in [5.41, 5.74) is 0.413. The van der Waals surface area contributed by atoms with Crippen molar-refractivity contribution in [2.24, 2.45) is 0 Å². The van der Waals surface area contributed by atoms with Crippen LogP contribution in [0.4, 0.5) is 0 Å². The summed E-state index contributed by atoms with van der Waals surface area (Å²) in [7, 11) is 4.37. The number of ether oxygens (including phenoxy) is 6. The second kappa shape index (κ2) is 12.0. The smallest absolute Gasteiger partial charge is 0.338 e. The Balaban J connectivity index is 1.56. The largest absolute Gasteiger partial charge is 0.493 e. The van der Waals surface area contributed by atoms with Gasteiger partial charge in [0.1, 0.15) is 18.4 Å². The molecule has 1 N–H and O–H groups in total. The lowest BCUT2D eigenvalue weighted by molar-refractivity contribution is -0.0710. The van der Waals surface area contributed by atoms with Gasteiger partial charge in [-0.25, -0.2) is 9.59 Å². The van der Waals surface area contributed by atoms with Crippen molar-refractivity contribution in [2.75, 3.05) is 27.9 Å². The molecule has 202 valence electrons. The number of H-pyrrole nitrogens is 1. The van der Waals surface area contributed by atoms with Gasteiger partial charge >= 0.3 is 11.7 Å². The predicted molar refractivity (Wildman–Crippen MR) is 136 cm³/mol. The van der Waals surface area contributed by atoms with Crippen molar-refractivity contribution in [1.82, 2.24) is 9.55 Å². The lowest BCUT2D eigenvalue weighted by Crippen LogP contribution is -2.33. The molecular formula is C27H30N2O9. The minimum absolute atomic E-state index is 0.107. The number of aromatic amines is 1. The molecule has 0 saturated carbocycles. The van der Waals surface area contributed by atoms with E-state index >= 15 is 0 Å². The van der Waals surface area contributed by atoms with E-state index in [-0.39, 0.29) is 18.6 Å². The van der Waals surface area contributed by atoms with Crippen LogP contribution in [-0.2, 0) is 20.8 Å². The van der Waals surface area contributed by atoms with Gasteiger partial charge in [0.25, 0.3) is 5.56 Å². The molecule has 1 aromatic heterocycles. The molecule has 11 nitrogen and oxygen atoms in total. The molecule has 0 amide bonds. The second-order valence-electron chi connectivity index (χ2n) is 8.70. The van der Waals surface area contributed by atoms with Crippen LogP contribution in [0.15, 0.2) is 58.3 Å². The third kappa shape index (κ3) is 5.90. The fraction of sp³-hybridized carbons (Fsp3) is 0.370. The zero-order chi connectivity index (χ0) is 27.2. The second-order valence-corrected chi connectivity index (χ2v) is 8.70. The van der Waals surface area contributed by atoms with E-state index in [4.69, 9.17) is 28.4 Å². The van der Waals surface area contributed by atoms with Crippen molar-refractivity contribution >= 4 is 5.97 Å². The molecule has 0 unspecified atom stereocenters.